The molecule has 0 amide bonds. The van der Waals surface area contributed by atoms with Crippen molar-refractivity contribution in [2.24, 2.45) is 0 Å². The van der Waals surface area contributed by atoms with Crippen molar-refractivity contribution >= 4 is 11.4 Å². The minimum absolute atomic E-state index is 0.227. The number of benzene rings is 3. The molecular formula is C24H22N4O2. The van der Waals surface area contributed by atoms with E-state index < -0.39 is 0 Å². The molecule has 0 saturated carbocycles. The first kappa shape index (κ1) is 20.6. The van der Waals surface area contributed by atoms with Crippen molar-refractivity contribution < 1.29 is 9.47 Å². The van der Waals surface area contributed by atoms with Crippen molar-refractivity contribution in [1.82, 2.24) is 0 Å². The quantitative estimate of drug-likeness (QED) is 0.572. The number of rotatable bonds is 6. The van der Waals surface area contributed by atoms with Gasteiger partial charge in [-0.3, -0.25) is 0 Å². The molecule has 0 aliphatic heterocycles. The van der Waals surface area contributed by atoms with Crippen LogP contribution in [-0.4, -0.2) is 28.2 Å². The molecular weight excluding hydrogens is 376 g/mol. The number of nitriles is 2. The van der Waals surface area contributed by atoms with Gasteiger partial charge in [0, 0.05) is 63.8 Å². The van der Waals surface area contributed by atoms with Gasteiger partial charge in [0.1, 0.15) is 23.6 Å². The highest BCUT2D eigenvalue weighted by Crippen LogP contribution is 2.38. The van der Waals surface area contributed by atoms with Crippen LogP contribution in [0.15, 0.2) is 60.7 Å². The van der Waals surface area contributed by atoms with E-state index in [0.29, 0.717) is 23.0 Å². The summed E-state index contributed by atoms with van der Waals surface area (Å²) in [6, 6.07) is 22.3. The van der Waals surface area contributed by atoms with Gasteiger partial charge < -0.3 is 19.3 Å². The molecule has 0 aromatic heterocycles. The fourth-order valence-corrected chi connectivity index (χ4v) is 2.81. The average Bonchev–Trinajstić information content (AvgIpc) is 2.74. The third-order valence-electron chi connectivity index (χ3n) is 4.45. The maximum Gasteiger partial charge on any atom is 0.171 e. The molecule has 3 rings (SSSR count). The summed E-state index contributed by atoms with van der Waals surface area (Å²) in [7, 11) is 7.78. The molecule has 0 radical (unpaired) electrons. The second-order valence-electron chi connectivity index (χ2n) is 7.06. The number of hydrogen-bond donors (Lipinski definition) is 0. The minimum atomic E-state index is 0.227. The molecule has 0 fully saturated rings. The van der Waals surface area contributed by atoms with Gasteiger partial charge in [-0.1, -0.05) is 12.1 Å². The second-order valence-corrected chi connectivity index (χ2v) is 7.06. The van der Waals surface area contributed by atoms with Crippen molar-refractivity contribution in [3.05, 3.63) is 71.8 Å². The van der Waals surface area contributed by atoms with Crippen LogP contribution in [0.4, 0.5) is 11.4 Å². The molecule has 3 aromatic carbocycles. The van der Waals surface area contributed by atoms with E-state index in [1.807, 2.05) is 98.7 Å². The molecule has 0 spiro atoms. The van der Waals surface area contributed by atoms with E-state index in [1.165, 1.54) is 12.1 Å². The van der Waals surface area contributed by atoms with Crippen LogP contribution in [0.1, 0.15) is 11.1 Å². The van der Waals surface area contributed by atoms with Crippen LogP contribution >= 0.6 is 0 Å². The minimum Gasteiger partial charge on any atom is -0.453 e. The number of hydrogen-bond acceptors (Lipinski definition) is 6. The Morgan fingerprint density at radius 3 is 1.37 bits per heavy atom. The van der Waals surface area contributed by atoms with Crippen LogP contribution in [0.3, 0.4) is 0 Å². The Hall–Kier alpha value is -4.16. The zero-order valence-electron chi connectivity index (χ0n) is 17.4. The SMILES string of the molecule is CN(C)c1cccc(Oc2cc(C#N)c(C#N)cc2Oc2cccc(N(C)C)c2)c1. The van der Waals surface area contributed by atoms with Crippen LogP contribution in [0.2, 0.25) is 0 Å². The summed E-state index contributed by atoms with van der Waals surface area (Å²) in [6.45, 7) is 0. The van der Waals surface area contributed by atoms with E-state index >= 15 is 0 Å². The molecule has 0 saturated heterocycles. The lowest BCUT2D eigenvalue weighted by molar-refractivity contribution is 0.418. The highest BCUT2D eigenvalue weighted by atomic mass is 16.5. The normalized spacial score (nSPS) is 9.93. The molecule has 6 nitrogen and oxygen atoms in total. The van der Waals surface area contributed by atoms with Crippen molar-refractivity contribution in [3.63, 3.8) is 0 Å². The van der Waals surface area contributed by atoms with Crippen molar-refractivity contribution in [1.29, 1.82) is 10.5 Å². The summed E-state index contributed by atoms with van der Waals surface area (Å²) in [5.41, 5.74) is 2.40. The average molecular weight is 398 g/mol. The van der Waals surface area contributed by atoms with E-state index in [2.05, 4.69) is 0 Å². The molecule has 0 bridgehead atoms. The monoisotopic (exact) mass is 398 g/mol. The Labute approximate surface area is 176 Å². The van der Waals surface area contributed by atoms with Gasteiger partial charge in [0.25, 0.3) is 0 Å². The maximum absolute atomic E-state index is 9.43. The van der Waals surface area contributed by atoms with Gasteiger partial charge in [0.2, 0.25) is 0 Å². The summed E-state index contributed by atoms with van der Waals surface area (Å²) in [5, 5.41) is 18.9. The molecule has 30 heavy (non-hydrogen) atoms. The molecule has 0 aliphatic rings. The van der Waals surface area contributed by atoms with Gasteiger partial charge >= 0.3 is 0 Å². The van der Waals surface area contributed by atoms with Crippen LogP contribution in [0.5, 0.6) is 23.0 Å². The Morgan fingerprint density at radius 1 is 0.633 bits per heavy atom. The number of anilines is 2. The Bertz CT molecular complexity index is 1050. The van der Waals surface area contributed by atoms with Crippen LogP contribution in [-0.2, 0) is 0 Å². The Kier molecular flexibility index (Phi) is 6.10. The molecule has 0 unspecified atom stereocenters. The van der Waals surface area contributed by atoms with Gasteiger partial charge in [-0.05, 0) is 24.3 Å². The highest BCUT2D eigenvalue weighted by molar-refractivity contribution is 5.59. The third kappa shape index (κ3) is 4.63. The van der Waals surface area contributed by atoms with Gasteiger partial charge in [-0.25, -0.2) is 0 Å². The molecule has 150 valence electrons. The molecule has 3 aromatic rings. The topological polar surface area (TPSA) is 72.5 Å². The maximum atomic E-state index is 9.43. The first-order valence-corrected chi connectivity index (χ1v) is 9.30. The van der Waals surface area contributed by atoms with E-state index in [1.54, 1.807) is 0 Å². The Morgan fingerprint density at radius 2 is 1.03 bits per heavy atom. The van der Waals surface area contributed by atoms with E-state index in [0.717, 1.165) is 11.4 Å². The van der Waals surface area contributed by atoms with Crippen molar-refractivity contribution in [3.8, 4) is 35.1 Å². The van der Waals surface area contributed by atoms with Gasteiger partial charge in [-0.15, -0.1) is 0 Å². The zero-order chi connectivity index (χ0) is 21.7. The standard InChI is InChI=1S/C24H22N4O2/c1-27(2)19-7-5-9-21(13-19)29-23-11-17(15-25)18(16-26)12-24(23)30-22-10-6-8-20(14-22)28(3)4/h5-14H,1-4H3. The molecule has 6 heteroatoms. The lowest BCUT2D eigenvalue weighted by Gasteiger charge is -2.17. The number of ether oxygens (including phenoxy) is 2. The fourth-order valence-electron chi connectivity index (χ4n) is 2.81. The first-order valence-electron chi connectivity index (χ1n) is 9.30. The predicted molar refractivity (Wildman–Crippen MR) is 118 cm³/mol. The lowest BCUT2D eigenvalue weighted by Crippen LogP contribution is -2.08. The molecule has 0 heterocycles. The lowest BCUT2D eigenvalue weighted by atomic mass is 10.1. The van der Waals surface area contributed by atoms with Gasteiger partial charge in [0.15, 0.2) is 11.5 Å². The van der Waals surface area contributed by atoms with E-state index in [4.69, 9.17) is 9.47 Å². The predicted octanol–water partition coefficient (Wildman–Crippen LogP) is 5.15. The molecule has 0 aliphatic carbocycles. The zero-order valence-corrected chi connectivity index (χ0v) is 17.4. The largest absolute Gasteiger partial charge is 0.453 e. The first-order chi connectivity index (χ1) is 14.4. The van der Waals surface area contributed by atoms with Crippen molar-refractivity contribution in [2.75, 3.05) is 38.0 Å². The van der Waals surface area contributed by atoms with Crippen LogP contribution < -0.4 is 19.3 Å². The number of nitrogens with zero attached hydrogens (tertiary/aromatic N) is 4. The van der Waals surface area contributed by atoms with E-state index in [-0.39, 0.29) is 11.1 Å². The fraction of sp³-hybridized carbons (Fsp3) is 0.167. The smallest absolute Gasteiger partial charge is 0.171 e. The van der Waals surface area contributed by atoms with E-state index in [9.17, 15) is 10.5 Å². The highest BCUT2D eigenvalue weighted by Gasteiger charge is 2.15. The van der Waals surface area contributed by atoms with Crippen molar-refractivity contribution in [2.45, 2.75) is 0 Å². The Balaban J connectivity index is 2.03. The summed E-state index contributed by atoms with van der Waals surface area (Å²) in [4.78, 5) is 3.94. The van der Waals surface area contributed by atoms with Crippen LogP contribution in [0.25, 0.3) is 0 Å². The summed E-state index contributed by atoms with van der Waals surface area (Å²) >= 11 is 0. The second kappa shape index (κ2) is 8.89. The van der Waals surface area contributed by atoms with Gasteiger partial charge in [0.05, 0.1) is 11.1 Å². The summed E-state index contributed by atoms with van der Waals surface area (Å²) in [5.74, 6) is 1.91. The summed E-state index contributed by atoms with van der Waals surface area (Å²) < 4.78 is 12.1. The molecule has 0 N–H and O–H groups in total. The van der Waals surface area contributed by atoms with Crippen LogP contribution in [0, 0.1) is 22.7 Å². The van der Waals surface area contributed by atoms with Gasteiger partial charge in [-0.2, -0.15) is 10.5 Å². The summed E-state index contributed by atoms with van der Waals surface area (Å²) in [6.07, 6.45) is 0. The molecule has 0 atom stereocenters. The third-order valence-corrected chi connectivity index (χ3v) is 4.45.